The quantitative estimate of drug-likeness (QED) is 0.454. The van der Waals surface area contributed by atoms with Crippen LogP contribution in [0, 0.1) is 3.77 Å². The van der Waals surface area contributed by atoms with Crippen molar-refractivity contribution in [3.63, 3.8) is 0 Å². The molecule has 2 rings (SSSR count). The predicted molar refractivity (Wildman–Crippen MR) is 80.5 cm³/mol. The molecule has 2 aromatic rings. The first kappa shape index (κ1) is 12.3. The van der Waals surface area contributed by atoms with Gasteiger partial charge in [-0.05, 0) is 34.1 Å². The average molecular weight is 455 g/mol. The molecular weight excluding hydrogens is 449 g/mol. The molecule has 16 heavy (non-hydrogen) atoms. The van der Waals surface area contributed by atoms with Crippen LogP contribution in [0.15, 0.2) is 48.7 Å². The molecule has 0 spiro atoms. The molecule has 0 unspecified atom stereocenters. The molecule has 0 atom stereocenters. The van der Waals surface area contributed by atoms with Crippen molar-refractivity contribution >= 4 is 66.4 Å². The van der Waals surface area contributed by atoms with Crippen molar-refractivity contribution in [3.8, 4) is 0 Å². The number of hydrogen-bond acceptors (Lipinski definition) is 2. The maximum Gasteiger partial charge on any atom is 0.178 e. The molecule has 82 valence electrons. The fourth-order valence-electron chi connectivity index (χ4n) is 1.12. The average Bonchev–Trinajstić information content (AvgIpc) is 2.56. The molecule has 2 nitrogen and oxygen atoms in total. The van der Waals surface area contributed by atoms with E-state index in [1.54, 1.807) is 6.21 Å². The van der Waals surface area contributed by atoms with Gasteiger partial charge in [0.05, 0.1) is 16.4 Å². The molecule has 0 saturated heterocycles. The molecule has 5 heteroatoms. The minimum Gasteiger partial charge on any atom is -0.448 e. The SMILES string of the molecule is Brc1cccc(N=Cc2cc(Br)c(I)o2)c1. The monoisotopic (exact) mass is 453 g/mol. The fraction of sp³-hybridized carbons (Fsp3) is 0. The molecule has 1 heterocycles. The van der Waals surface area contributed by atoms with E-state index in [0.717, 1.165) is 24.2 Å². The summed E-state index contributed by atoms with van der Waals surface area (Å²) in [7, 11) is 0. The molecule has 0 aliphatic rings. The third-order valence-corrected chi connectivity index (χ3v) is 4.44. The van der Waals surface area contributed by atoms with Gasteiger partial charge in [-0.25, -0.2) is 0 Å². The van der Waals surface area contributed by atoms with Crippen LogP contribution in [0.25, 0.3) is 0 Å². The van der Waals surface area contributed by atoms with Crippen molar-refractivity contribution < 1.29 is 4.42 Å². The Hall–Kier alpha value is -0.140. The summed E-state index contributed by atoms with van der Waals surface area (Å²) in [4.78, 5) is 4.32. The van der Waals surface area contributed by atoms with E-state index in [1.165, 1.54) is 0 Å². The molecule has 0 aliphatic carbocycles. The van der Waals surface area contributed by atoms with E-state index >= 15 is 0 Å². The van der Waals surface area contributed by atoms with E-state index in [-0.39, 0.29) is 0 Å². The maximum absolute atomic E-state index is 5.45. The second-order valence-corrected chi connectivity index (χ2v) is 5.76. The molecular formula is C11H6Br2INO. The first-order valence-corrected chi connectivity index (χ1v) is 7.06. The van der Waals surface area contributed by atoms with Crippen LogP contribution in [0.4, 0.5) is 5.69 Å². The lowest BCUT2D eigenvalue weighted by Gasteiger charge is -1.92. The van der Waals surface area contributed by atoms with Crippen molar-refractivity contribution in [3.05, 3.63) is 48.8 Å². The highest BCUT2D eigenvalue weighted by Gasteiger charge is 2.03. The van der Waals surface area contributed by atoms with E-state index in [4.69, 9.17) is 4.42 Å². The zero-order valence-corrected chi connectivity index (χ0v) is 13.3. The summed E-state index contributed by atoms with van der Waals surface area (Å²) in [6.07, 6.45) is 1.70. The number of nitrogens with zero attached hydrogens (tertiary/aromatic N) is 1. The highest BCUT2D eigenvalue weighted by atomic mass is 127. The number of furan rings is 1. The van der Waals surface area contributed by atoms with Crippen LogP contribution < -0.4 is 0 Å². The smallest absolute Gasteiger partial charge is 0.178 e. The van der Waals surface area contributed by atoms with E-state index in [9.17, 15) is 0 Å². The van der Waals surface area contributed by atoms with Gasteiger partial charge in [-0.15, -0.1) is 0 Å². The lowest BCUT2D eigenvalue weighted by molar-refractivity contribution is 0.530. The molecule has 0 N–H and O–H groups in total. The van der Waals surface area contributed by atoms with Gasteiger partial charge in [0.25, 0.3) is 0 Å². The van der Waals surface area contributed by atoms with Crippen LogP contribution in [0.2, 0.25) is 0 Å². The van der Waals surface area contributed by atoms with Crippen molar-refractivity contribution in [2.75, 3.05) is 0 Å². The minimum atomic E-state index is 0.733. The van der Waals surface area contributed by atoms with Crippen LogP contribution >= 0.6 is 54.5 Å². The zero-order valence-electron chi connectivity index (χ0n) is 7.95. The van der Waals surface area contributed by atoms with Crippen molar-refractivity contribution in [1.82, 2.24) is 0 Å². The summed E-state index contributed by atoms with van der Waals surface area (Å²) < 4.78 is 8.23. The number of halogens is 3. The Morgan fingerprint density at radius 3 is 2.69 bits per heavy atom. The normalized spacial score (nSPS) is 11.2. The van der Waals surface area contributed by atoms with E-state index in [1.807, 2.05) is 30.3 Å². The van der Waals surface area contributed by atoms with Crippen LogP contribution in [-0.4, -0.2) is 6.21 Å². The molecule has 0 saturated carbocycles. The Bertz CT molecular complexity index is 517. The molecule has 1 aromatic heterocycles. The summed E-state index contributed by atoms with van der Waals surface area (Å²) >= 11 is 8.90. The second-order valence-electron chi connectivity index (χ2n) is 3.01. The first-order valence-electron chi connectivity index (χ1n) is 4.39. The highest BCUT2D eigenvalue weighted by molar-refractivity contribution is 14.1. The van der Waals surface area contributed by atoms with Gasteiger partial charge >= 0.3 is 0 Å². The first-order chi connectivity index (χ1) is 7.65. The van der Waals surface area contributed by atoms with Crippen LogP contribution in [0.5, 0.6) is 0 Å². The zero-order chi connectivity index (χ0) is 11.5. The van der Waals surface area contributed by atoms with E-state index in [0.29, 0.717) is 0 Å². The summed E-state index contributed by atoms with van der Waals surface area (Å²) in [5.74, 6) is 0.733. The van der Waals surface area contributed by atoms with Gasteiger partial charge in [-0.1, -0.05) is 22.0 Å². The minimum absolute atomic E-state index is 0.733. The Morgan fingerprint density at radius 2 is 2.06 bits per heavy atom. The maximum atomic E-state index is 5.45. The summed E-state index contributed by atoms with van der Waals surface area (Å²) in [5, 5.41) is 0. The standard InChI is InChI=1S/C11H6Br2INO/c12-7-2-1-3-8(4-7)15-6-9-5-10(13)11(14)16-9/h1-6H. The molecule has 0 fully saturated rings. The number of aliphatic imine (C=N–C) groups is 1. The van der Waals surface area contributed by atoms with Gasteiger partial charge in [-0.3, -0.25) is 4.99 Å². The van der Waals surface area contributed by atoms with Gasteiger partial charge in [0.1, 0.15) is 5.76 Å². The Morgan fingerprint density at radius 1 is 1.25 bits per heavy atom. The van der Waals surface area contributed by atoms with Gasteiger partial charge in [0.2, 0.25) is 0 Å². The van der Waals surface area contributed by atoms with Gasteiger partial charge in [0.15, 0.2) is 3.77 Å². The molecule has 0 amide bonds. The Kier molecular flexibility index (Phi) is 4.21. The van der Waals surface area contributed by atoms with Gasteiger partial charge < -0.3 is 4.42 Å². The topological polar surface area (TPSA) is 25.5 Å². The number of hydrogen-bond donors (Lipinski definition) is 0. The van der Waals surface area contributed by atoms with E-state index < -0.39 is 0 Å². The lowest BCUT2D eigenvalue weighted by atomic mass is 10.3. The largest absolute Gasteiger partial charge is 0.448 e. The third-order valence-electron chi connectivity index (χ3n) is 1.81. The van der Waals surface area contributed by atoms with Crippen LogP contribution in [0.1, 0.15) is 5.76 Å². The van der Waals surface area contributed by atoms with Crippen LogP contribution in [0.3, 0.4) is 0 Å². The molecule has 1 aromatic carbocycles. The number of benzene rings is 1. The molecule has 0 bridgehead atoms. The Labute approximate surface area is 124 Å². The summed E-state index contributed by atoms with van der Waals surface area (Å²) in [5.41, 5.74) is 0.886. The molecule has 0 aliphatic heterocycles. The molecule has 0 radical (unpaired) electrons. The van der Waals surface area contributed by atoms with Crippen molar-refractivity contribution in [2.45, 2.75) is 0 Å². The lowest BCUT2D eigenvalue weighted by Crippen LogP contribution is -1.73. The summed E-state index contributed by atoms with van der Waals surface area (Å²) in [6.45, 7) is 0. The van der Waals surface area contributed by atoms with Crippen molar-refractivity contribution in [2.24, 2.45) is 4.99 Å². The highest BCUT2D eigenvalue weighted by Crippen LogP contribution is 2.23. The second kappa shape index (κ2) is 5.46. The fourth-order valence-corrected chi connectivity index (χ4v) is 2.23. The van der Waals surface area contributed by atoms with Crippen LogP contribution in [-0.2, 0) is 0 Å². The van der Waals surface area contributed by atoms with Crippen molar-refractivity contribution in [1.29, 1.82) is 0 Å². The van der Waals surface area contributed by atoms with Gasteiger partial charge in [0, 0.05) is 33.1 Å². The van der Waals surface area contributed by atoms with Gasteiger partial charge in [-0.2, -0.15) is 0 Å². The number of rotatable bonds is 2. The Balaban J connectivity index is 2.21. The van der Waals surface area contributed by atoms with E-state index in [2.05, 4.69) is 59.4 Å². The summed E-state index contributed by atoms with van der Waals surface area (Å²) in [6, 6.07) is 9.68. The predicted octanol–water partition coefficient (Wildman–Crippen LogP) is 5.16. The third kappa shape index (κ3) is 3.18.